The third-order valence-electron chi connectivity index (χ3n) is 4.53. The normalized spacial score (nSPS) is 11.0. The molecule has 7 heteroatoms. The van der Waals surface area contributed by atoms with E-state index in [0.29, 0.717) is 41.4 Å². The van der Waals surface area contributed by atoms with E-state index in [4.69, 9.17) is 4.74 Å². The number of nitrogens with one attached hydrogen (secondary N) is 1. The average Bonchev–Trinajstić information content (AvgIpc) is 2.92. The van der Waals surface area contributed by atoms with E-state index in [-0.39, 0.29) is 29.4 Å². The molecule has 0 bridgehead atoms. The third-order valence-corrected chi connectivity index (χ3v) is 5.73. The molecule has 1 N–H and O–H groups in total. The van der Waals surface area contributed by atoms with Gasteiger partial charge >= 0.3 is 5.97 Å². The monoisotopic (exact) mass is 396 g/mol. The Balaban J connectivity index is 3.37. The summed E-state index contributed by atoms with van der Waals surface area (Å²) < 4.78 is 5.35. The number of carbonyl (C=O) groups excluding carboxylic acids is 3. The van der Waals surface area contributed by atoms with Crippen LogP contribution in [0.5, 0.6) is 0 Å². The quantitative estimate of drug-likeness (QED) is 0.625. The summed E-state index contributed by atoms with van der Waals surface area (Å²) in [4.78, 5) is 40.2. The smallest absolute Gasteiger partial charge is 0.341 e. The van der Waals surface area contributed by atoms with Crippen LogP contribution in [-0.4, -0.2) is 41.9 Å². The molecule has 0 aliphatic heterocycles. The first-order valence-electron chi connectivity index (χ1n) is 9.65. The zero-order valence-corrected chi connectivity index (χ0v) is 18.3. The van der Waals surface area contributed by atoms with Gasteiger partial charge in [0.25, 0.3) is 5.91 Å². The van der Waals surface area contributed by atoms with Crippen LogP contribution in [0.2, 0.25) is 0 Å². The molecule has 0 saturated heterocycles. The zero-order chi connectivity index (χ0) is 20.7. The molecule has 0 unspecified atom stereocenters. The van der Waals surface area contributed by atoms with Crippen LogP contribution in [0, 0.1) is 12.8 Å². The molecule has 27 heavy (non-hydrogen) atoms. The van der Waals surface area contributed by atoms with Crippen molar-refractivity contribution in [2.24, 2.45) is 5.92 Å². The second-order valence-electron chi connectivity index (χ2n) is 6.69. The van der Waals surface area contributed by atoms with Gasteiger partial charge in [-0.1, -0.05) is 13.8 Å². The first kappa shape index (κ1) is 23.1. The number of hydrogen-bond donors (Lipinski definition) is 1. The van der Waals surface area contributed by atoms with Crippen LogP contribution in [0.25, 0.3) is 0 Å². The maximum Gasteiger partial charge on any atom is 0.341 e. The van der Waals surface area contributed by atoms with Gasteiger partial charge < -0.3 is 15.0 Å². The summed E-state index contributed by atoms with van der Waals surface area (Å²) in [5.74, 6) is -0.925. The van der Waals surface area contributed by atoms with E-state index in [1.54, 1.807) is 25.7 Å². The molecular weight excluding hydrogens is 364 g/mol. The fourth-order valence-electron chi connectivity index (χ4n) is 2.85. The van der Waals surface area contributed by atoms with Gasteiger partial charge in [0.2, 0.25) is 5.91 Å². The molecule has 0 radical (unpaired) electrons. The summed E-state index contributed by atoms with van der Waals surface area (Å²) in [6.45, 7) is 14.2. The SMILES string of the molecule is CCC(CC)C(=O)Nc1sc(C(=O)N(CC)CC)c(C)c1C(=O)OC(C)C. The molecule has 0 aromatic carbocycles. The van der Waals surface area contributed by atoms with Gasteiger partial charge in [0, 0.05) is 19.0 Å². The molecule has 152 valence electrons. The topological polar surface area (TPSA) is 75.7 Å². The number of amides is 2. The van der Waals surface area contributed by atoms with E-state index >= 15 is 0 Å². The van der Waals surface area contributed by atoms with Crippen LogP contribution in [0.1, 0.15) is 80.0 Å². The largest absolute Gasteiger partial charge is 0.459 e. The summed E-state index contributed by atoms with van der Waals surface area (Å²) in [5, 5.41) is 3.26. The standard InChI is InChI=1S/C20H32N2O4S/c1-8-14(9-2)17(23)21-18-15(20(25)26-12(5)6)13(7)16(27-18)19(24)22(10-3)11-4/h12,14H,8-11H2,1-7H3,(H,21,23). The maximum atomic E-state index is 12.8. The highest BCUT2D eigenvalue weighted by Gasteiger charge is 2.29. The number of rotatable bonds is 9. The first-order valence-corrected chi connectivity index (χ1v) is 10.5. The molecule has 6 nitrogen and oxygen atoms in total. The molecule has 0 aliphatic rings. The Morgan fingerprint density at radius 2 is 1.63 bits per heavy atom. The number of nitrogens with zero attached hydrogens (tertiary/aromatic N) is 1. The van der Waals surface area contributed by atoms with Gasteiger partial charge in [-0.3, -0.25) is 9.59 Å². The molecule has 1 aromatic rings. The van der Waals surface area contributed by atoms with Crippen molar-refractivity contribution in [2.75, 3.05) is 18.4 Å². The van der Waals surface area contributed by atoms with Crippen LogP contribution in [0.3, 0.4) is 0 Å². The Morgan fingerprint density at radius 3 is 2.07 bits per heavy atom. The molecule has 2 amide bonds. The fraction of sp³-hybridized carbons (Fsp3) is 0.650. The van der Waals surface area contributed by atoms with Gasteiger partial charge in [-0.05, 0) is 53.0 Å². The predicted molar refractivity (Wildman–Crippen MR) is 110 cm³/mol. The minimum absolute atomic E-state index is 0.135. The van der Waals surface area contributed by atoms with E-state index in [1.807, 2.05) is 27.7 Å². The van der Waals surface area contributed by atoms with Crippen LogP contribution >= 0.6 is 11.3 Å². The molecule has 0 atom stereocenters. The lowest BCUT2D eigenvalue weighted by Gasteiger charge is -2.18. The zero-order valence-electron chi connectivity index (χ0n) is 17.5. The van der Waals surface area contributed by atoms with Crippen molar-refractivity contribution < 1.29 is 19.1 Å². The third kappa shape index (κ3) is 5.54. The van der Waals surface area contributed by atoms with E-state index in [9.17, 15) is 14.4 Å². The van der Waals surface area contributed by atoms with Crippen LogP contribution in [-0.2, 0) is 9.53 Å². The number of carbonyl (C=O) groups is 3. The van der Waals surface area contributed by atoms with Crippen LogP contribution < -0.4 is 5.32 Å². The minimum atomic E-state index is -0.516. The molecule has 0 saturated carbocycles. The summed E-state index contributed by atoms with van der Waals surface area (Å²) in [6.07, 6.45) is 1.13. The average molecular weight is 397 g/mol. The van der Waals surface area contributed by atoms with Crippen molar-refractivity contribution >= 4 is 34.1 Å². The maximum absolute atomic E-state index is 12.8. The number of anilines is 1. The van der Waals surface area contributed by atoms with Crippen LogP contribution in [0.4, 0.5) is 5.00 Å². The highest BCUT2D eigenvalue weighted by atomic mass is 32.1. The molecule has 1 rings (SSSR count). The Labute approximate surface area is 166 Å². The first-order chi connectivity index (χ1) is 12.7. The van der Waals surface area contributed by atoms with E-state index in [2.05, 4.69) is 5.32 Å². The summed E-state index contributed by atoms with van der Waals surface area (Å²) >= 11 is 1.15. The molecule has 0 spiro atoms. The fourth-order valence-corrected chi connectivity index (χ4v) is 4.02. The Morgan fingerprint density at radius 1 is 1.07 bits per heavy atom. The van der Waals surface area contributed by atoms with Crippen molar-refractivity contribution in [1.29, 1.82) is 0 Å². The molecule has 1 heterocycles. The van der Waals surface area contributed by atoms with E-state index in [1.165, 1.54) is 0 Å². The summed E-state index contributed by atoms with van der Waals surface area (Å²) in [5.41, 5.74) is 0.839. The van der Waals surface area contributed by atoms with Gasteiger partial charge in [0.05, 0.1) is 16.5 Å². The number of ether oxygens (including phenoxy) is 1. The molecular formula is C20H32N2O4S. The highest BCUT2D eigenvalue weighted by molar-refractivity contribution is 7.18. The summed E-state index contributed by atoms with van der Waals surface area (Å²) in [6, 6.07) is 0. The van der Waals surface area contributed by atoms with E-state index < -0.39 is 5.97 Å². The Hall–Kier alpha value is -1.89. The minimum Gasteiger partial charge on any atom is -0.459 e. The van der Waals surface area contributed by atoms with Crippen molar-refractivity contribution in [3.8, 4) is 0 Å². The predicted octanol–water partition coefficient (Wildman–Crippen LogP) is 4.48. The Kier molecular flexibility index (Phi) is 8.96. The molecule has 1 aromatic heterocycles. The van der Waals surface area contributed by atoms with Gasteiger partial charge in [0.1, 0.15) is 5.00 Å². The van der Waals surface area contributed by atoms with Crippen molar-refractivity contribution in [1.82, 2.24) is 4.90 Å². The number of esters is 1. The Bertz CT molecular complexity index is 674. The number of thiophene rings is 1. The summed E-state index contributed by atoms with van der Waals surface area (Å²) in [7, 11) is 0. The van der Waals surface area contributed by atoms with Gasteiger partial charge in [-0.25, -0.2) is 4.79 Å². The lowest BCUT2D eigenvalue weighted by atomic mass is 10.0. The van der Waals surface area contributed by atoms with Gasteiger partial charge in [-0.2, -0.15) is 0 Å². The second-order valence-corrected chi connectivity index (χ2v) is 7.72. The second kappa shape index (κ2) is 10.4. The molecule has 0 fully saturated rings. The molecule has 0 aliphatic carbocycles. The number of hydrogen-bond acceptors (Lipinski definition) is 5. The highest BCUT2D eigenvalue weighted by Crippen LogP contribution is 2.35. The van der Waals surface area contributed by atoms with Crippen LogP contribution in [0.15, 0.2) is 0 Å². The van der Waals surface area contributed by atoms with Gasteiger partial charge in [-0.15, -0.1) is 11.3 Å². The van der Waals surface area contributed by atoms with Gasteiger partial charge in [0.15, 0.2) is 0 Å². The lowest BCUT2D eigenvalue weighted by Crippen LogP contribution is -2.30. The van der Waals surface area contributed by atoms with Crippen molar-refractivity contribution in [3.63, 3.8) is 0 Å². The van der Waals surface area contributed by atoms with Crippen molar-refractivity contribution in [3.05, 3.63) is 16.0 Å². The van der Waals surface area contributed by atoms with E-state index in [0.717, 1.165) is 11.3 Å². The lowest BCUT2D eigenvalue weighted by molar-refractivity contribution is -0.120. The van der Waals surface area contributed by atoms with Crippen molar-refractivity contribution in [2.45, 2.75) is 67.4 Å².